The third-order valence-corrected chi connectivity index (χ3v) is 4.39. The number of nitrogens with zero attached hydrogens (tertiary/aromatic N) is 2. The highest BCUT2D eigenvalue weighted by Gasteiger charge is 2.50. The quantitative estimate of drug-likeness (QED) is 0.802. The SMILES string of the molecule is Cc1cccc(C2(C(=O)NCCNc3ncccc3C#N)CC2)c1. The fraction of sp³-hybridized carbons (Fsp3) is 0.316. The second-order valence-corrected chi connectivity index (χ2v) is 6.15. The molecule has 1 saturated carbocycles. The van der Waals surface area contributed by atoms with Crippen LogP contribution in [0.3, 0.4) is 0 Å². The summed E-state index contributed by atoms with van der Waals surface area (Å²) < 4.78 is 0. The average Bonchev–Trinajstić information content (AvgIpc) is 3.41. The summed E-state index contributed by atoms with van der Waals surface area (Å²) in [6.07, 6.45) is 3.43. The number of amides is 1. The zero-order chi connectivity index (χ0) is 17.0. The van der Waals surface area contributed by atoms with Crippen molar-refractivity contribution >= 4 is 11.7 Å². The fourth-order valence-electron chi connectivity index (χ4n) is 2.88. The van der Waals surface area contributed by atoms with Gasteiger partial charge in [0.15, 0.2) is 0 Å². The second-order valence-electron chi connectivity index (χ2n) is 6.15. The first kappa shape index (κ1) is 16.0. The van der Waals surface area contributed by atoms with Crippen LogP contribution in [0, 0.1) is 18.3 Å². The predicted molar refractivity (Wildman–Crippen MR) is 92.5 cm³/mol. The molecule has 5 nitrogen and oxygen atoms in total. The van der Waals surface area contributed by atoms with Gasteiger partial charge in [0.1, 0.15) is 11.9 Å². The monoisotopic (exact) mass is 320 g/mol. The Labute approximate surface area is 141 Å². The number of pyridine rings is 1. The Kier molecular flexibility index (Phi) is 4.48. The maximum atomic E-state index is 12.6. The molecule has 5 heteroatoms. The first-order valence-electron chi connectivity index (χ1n) is 8.10. The molecule has 0 aliphatic heterocycles. The molecule has 24 heavy (non-hydrogen) atoms. The van der Waals surface area contributed by atoms with Gasteiger partial charge in [-0.3, -0.25) is 4.79 Å². The van der Waals surface area contributed by atoms with Gasteiger partial charge in [-0.1, -0.05) is 29.8 Å². The van der Waals surface area contributed by atoms with Crippen LogP contribution in [-0.2, 0) is 10.2 Å². The summed E-state index contributed by atoms with van der Waals surface area (Å²) in [5.74, 6) is 0.630. The number of carbonyl (C=O) groups excluding carboxylic acids is 1. The summed E-state index contributed by atoms with van der Waals surface area (Å²) >= 11 is 0. The molecular weight excluding hydrogens is 300 g/mol. The normalized spacial score (nSPS) is 14.5. The first-order chi connectivity index (χ1) is 11.7. The van der Waals surface area contributed by atoms with E-state index in [2.05, 4.69) is 27.8 Å². The van der Waals surface area contributed by atoms with Crippen LogP contribution in [0.2, 0.25) is 0 Å². The number of nitriles is 1. The number of aryl methyl sites for hydroxylation is 1. The lowest BCUT2D eigenvalue weighted by Gasteiger charge is -2.16. The number of nitrogens with one attached hydrogen (secondary N) is 2. The van der Waals surface area contributed by atoms with Crippen molar-refractivity contribution < 1.29 is 4.79 Å². The number of hydrogen-bond donors (Lipinski definition) is 2. The minimum atomic E-state index is -0.352. The van der Waals surface area contributed by atoms with Gasteiger partial charge in [-0.25, -0.2) is 4.98 Å². The maximum Gasteiger partial charge on any atom is 0.230 e. The van der Waals surface area contributed by atoms with E-state index in [9.17, 15) is 4.79 Å². The zero-order valence-corrected chi connectivity index (χ0v) is 13.7. The van der Waals surface area contributed by atoms with Crippen LogP contribution in [0.1, 0.15) is 29.5 Å². The Morgan fingerprint density at radius 1 is 1.29 bits per heavy atom. The Morgan fingerprint density at radius 2 is 2.12 bits per heavy atom. The number of rotatable bonds is 6. The minimum Gasteiger partial charge on any atom is -0.367 e. The van der Waals surface area contributed by atoms with Crippen molar-refractivity contribution in [2.45, 2.75) is 25.2 Å². The van der Waals surface area contributed by atoms with Gasteiger partial charge in [-0.15, -0.1) is 0 Å². The molecule has 2 aromatic rings. The van der Waals surface area contributed by atoms with E-state index in [4.69, 9.17) is 5.26 Å². The van der Waals surface area contributed by atoms with Crippen LogP contribution in [0.5, 0.6) is 0 Å². The molecule has 0 atom stereocenters. The van der Waals surface area contributed by atoms with Crippen molar-refractivity contribution in [2.75, 3.05) is 18.4 Å². The highest BCUT2D eigenvalue weighted by molar-refractivity contribution is 5.91. The lowest BCUT2D eigenvalue weighted by molar-refractivity contribution is -0.123. The van der Waals surface area contributed by atoms with Gasteiger partial charge in [0.2, 0.25) is 5.91 Å². The summed E-state index contributed by atoms with van der Waals surface area (Å²) in [6, 6.07) is 13.7. The van der Waals surface area contributed by atoms with Crippen LogP contribution in [0.25, 0.3) is 0 Å². The lowest BCUT2D eigenvalue weighted by Crippen LogP contribution is -2.37. The van der Waals surface area contributed by atoms with Crippen LogP contribution >= 0.6 is 0 Å². The Morgan fingerprint density at radius 3 is 2.83 bits per heavy atom. The fourth-order valence-corrected chi connectivity index (χ4v) is 2.88. The Bertz CT molecular complexity index is 790. The van der Waals surface area contributed by atoms with Gasteiger partial charge in [0, 0.05) is 19.3 Å². The summed E-state index contributed by atoms with van der Waals surface area (Å²) in [4.78, 5) is 16.7. The molecule has 122 valence electrons. The van der Waals surface area contributed by atoms with Gasteiger partial charge in [0.25, 0.3) is 0 Å². The molecule has 2 N–H and O–H groups in total. The number of benzene rings is 1. The molecule has 1 fully saturated rings. The lowest BCUT2D eigenvalue weighted by atomic mass is 9.93. The molecule has 3 rings (SSSR count). The van der Waals surface area contributed by atoms with Crippen molar-refractivity contribution in [1.82, 2.24) is 10.3 Å². The van der Waals surface area contributed by atoms with Gasteiger partial charge in [-0.2, -0.15) is 5.26 Å². The van der Waals surface area contributed by atoms with Gasteiger partial charge in [-0.05, 0) is 37.5 Å². The average molecular weight is 320 g/mol. The molecule has 1 aliphatic carbocycles. The molecule has 1 heterocycles. The largest absolute Gasteiger partial charge is 0.367 e. The zero-order valence-electron chi connectivity index (χ0n) is 13.7. The highest BCUT2D eigenvalue weighted by atomic mass is 16.2. The number of hydrogen-bond acceptors (Lipinski definition) is 4. The third-order valence-electron chi connectivity index (χ3n) is 4.39. The minimum absolute atomic E-state index is 0.0800. The van der Waals surface area contributed by atoms with Gasteiger partial charge in [0.05, 0.1) is 11.0 Å². The second kappa shape index (κ2) is 6.71. The standard InChI is InChI=1S/C19H20N4O/c1-14-4-2-6-16(12-14)19(7-8-19)18(24)23-11-10-22-17-15(13-20)5-3-9-21-17/h2-6,9,12H,7-8,10-11H2,1H3,(H,21,22)(H,23,24). The molecule has 1 aliphatic rings. The summed E-state index contributed by atoms with van der Waals surface area (Å²) in [6.45, 7) is 3.07. The van der Waals surface area contributed by atoms with Gasteiger partial charge < -0.3 is 10.6 Å². The molecule has 0 bridgehead atoms. The Hall–Kier alpha value is -2.87. The molecule has 1 aromatic heterocycles. The summed E-state index contributed by atoms with van der Waals surface area (Å²) in [5, 5.41) is 15.1. The van der Waals surface area contributed by atoms with E-state index in [1.807, 2.05) is 25.1 Å². The van der Waals surface area contributed by atoms with Crippen molar-refractivity contribution in [3.63, 3.8) is 0 Å². The van der Waals surface area contributed by atoms with Crippen LogP contribution < -0.4 is 10.6 Å². The van der Waals surface area contributed by atoms with E-state index < -0.39 is 0 Å². The van der Waals surface area contributed by atoms with E-state index >= 15 is 0 Å². The van der Waals surface area contributed by atoms with E-state index in [1.165, 1.54) is 5.56 Å². The molecule has 0 spiro atoms. The number of carbonyl (C=O) groups is 1. The third kappa shape index (κ3) is 3.23. The highest BCUT2D eigenvalue weighted by Crippen LogP contribution is 2.48. The van der Waals surface area contributed by atoms with Crippen molar-refractivity contribution in [1.29, 1.82) is 5.26 Å². The molecule has 1 aromatic carbocycles. The van der Waals surface area contributed by atoms with Gasteiger partial charge >= 0.3 is 0 Å². The van der Waals surface area contributed by atoms with E-state index in [0.29, 0.717) is 24.5 Å². The Balaban J connectivity index is 1.54. The first-order valence-corrected chi connectivity index (χ1v) is 8.10. The van der Waals surface area contributed by atoms with Crippen LogP contribution in [-0.4, -0.2) is 24.0 Å². The predicted octanol–water partition coefficient (Wildman–Crippen LogP) is 2.52. The van der Waals surface area contributed by atoms with E-state index in [1.54, 1.807) is 18.3 Å². The van der Waals surface area contributed by atoms with Crippen LogP contribution in [0.4, 0.5) is 5.82 Å². The van der Waals surface area contributed by atoms with Crippen molar-refractivity contribution in [3.8, 4) is 6.07 Å². The van der Waals surface area contributed by atoms with Crippen molar-refractivity contribution in [3.05, 3.63) is 59.3 Å². The van der Waals surface area contributed by atoms with Crippen molar-refractivity contribution in [2.24, 2.45) is 0 Å². The summed E-state index contributed by atoms with van der Waals surface area (Å²) in [7, 11) is 0. The maximum absolute atomic E-state index is 12.6. The number of aromatic nitrogens is 1. The molecular formula is C19H20N4O. The molecule has 0 radical (unpaired) electrons. The van der Waals surface area contributed by atoms with Crippen LogP contribution in [0.15, 0.2) is 42.6 Å². The van der Waals surface area contributed by atoms with E-state index in [0.717, 1.165) is 18.4 Å². The number of anilines is 1. The van der Waals surface area contributed by atoms with E-state index in [-0.39, 0.29) is 11.3 Å². The molecule has 1 amide bonds. The summed E-state index contributed by atoms with van der Waals surface area (Å²) in [5.41, 5.74) is 2.42. The molecule has 0 saturated heterocycles. The molecule has 0 unspecified atom stereocenters. The smallest absolute Gasteiger partial charge is 0.230 e. The topological polar surface area (TPSA) is 77.8 Å².